The number of halogens is 1. The molecule has 1 amide bonds. The molecule has 0 unspecified atom stereocenters. The van der Waals surface area contributed by atoms with E-state index in [2.05, 4.69) is 22.4 Å². The Kier molecular flexibility index (Phi) is 4.13. The molecule has 0 fully saturated rings. The van der Waals surface area contributed by atoms with Gasteiger partial charge >= 0.3 is 0 Å². The van der Waals surface area contributed by atoms with Gasteiger partial charge in [-0.3, -0.25) is 4.79 Å². The molecule has 0 radical (unpaired) electrons. The highest BCUT2D eigenvalue weighted by Gasteiger charge is 2.13. The Balaban J connectivity index is 1.80. The third-order valence-electron chi connectivity index (χ3n) is 3.79. The van der Waals surface area contributed by atoms with E-state index in [4.69, 9.17) is 0 Å². The van der Waals surface area contributed by atoms with Crippen LogP contribution in [0.3, 0.4) is 0 Å². The number of rotatable bonds is 3. The van der Waals surface area contributed by atoms with E-state index in [0.717, 1.165) is 21.4 Å². The van der Waals surface area contributed by atoms with Crippen LogP contribution in [0.25, 0.3) is 10.2 Å². The summed E-state index contributed by atoms with van der Waals surface area (Å²) in [5.74, 6) is -0.510. The fraction of sp³-hybridized carbons (Fsp3) is 0.222. The first-order valence-corrected chi connectivity index (χ1v) is 8.17. The summed E-state index contributed by atoms with van der Waals surface area (Å²) in [5.41, 5.74) is 4.72. The molecule has 1 heterocycles. The van der Waals surface area contributed by atoms with E-state index in [0.29, 0.717) is 10.6 Å². The number of aryl methyl sites for hydroxylation is 3. The molecule has 23 heavy (non-hydrogen) atoms. The van der Waals surface area contributed by atoms with Crippen LogP contribution in [0.15, 0.2) is 30.3 Å². The zero-order chi connectivity index (χ0) is 16.6. The number of carbonyl (C=O) groups is 1. The lowest BCUT2D eigenvalue weighted by atomic mass is 9.97. The second kappa shape index (κ2) is 6.08. The molecule has 0 spiro atoms. The molecule has 1 aromatic heterocycles. The van der Waals surface area contributed by atoms with Gasteiger partial charge in [0.1, 0.15) is 11.3 Å². The maximum Gasteiger partial charge on any atom is 0.230 e. The van der Waals surface area contributed by atoms with Crippen LogP contribution in [0, 0.1) is 26.6 Å². The van der Waals surface area contributed by atoms with E-state index in [1.165, 1.54) is 23.0 Å². The van der Waals surface area contributed by atoms with Crippen LogP contribution in [0.2, 0.25) is 0 Å². The molecule has 2 aromatic carbocycles. The zero-order valence-electron chi connectivity index (χ0n) is 13.2. The summed E-state index contributed by atoms with van der Waals surface area (Å²) < 4.78 is 14.4. The fourth-order valence-electron chi connectivity index (χ4n) is 2.78. The van der Waals surface area contributed by atoms with E-state index in [-0.39, 0.29) is 18.1 Å². The summed E-state index contributed by atoms with van der Waals surface area (Å²) in [5, 5.41) is 3.21. The van der Waals surface area contributed by atoms with E-state index in [1.807, 2.05) is 20.8 Å². The maximum absolute atomic E-state index is 13.7. The van der Waals surface area contributed by atoms with Crippen LogP contribution in [0.1, 0.15) is 22.3 Å². The Hall–Kier alpha value is -2.27. The van der Waals surface area contributed by atoms with Gasteiger partial charge in [-0.25, -0.2) is 9.37 Å². The Bertz CT molecular complexity index is 878. The van der Waals surface area contributed by atoms with Crippen molar-refractivity contribution in [2.45, 2.75) is 27.2 Å². The van der Waals surface area contributed by atoms with E-state index in [1.54, 1.807) is 12.1 Å². The summed E-state index contributed by atoms with van der Waals surface area (Å²) in [6, 6.07) is 8.94. The highest BCUT2D eigenvalue weighted by molar-refractivity contribution is 7.22. The van der Waals surface area contributed by atoms with Crippen molar-refractivity contribution >= 4 is 32.6 Å². The molecule has 3 nitrogen and oxygen atoms in total. The van der Waals surface area contributed by atoms with Crippen LogP contribution >= 0.6 is 11.3 Å². The summed E-state index contributed by atoms with van der Waals surface area (Å²) in [6.07, 6.45) is 0.288. The van der Waals surface area contributed by atoms with Crippen molar-refractivity contribution in [3.63, 3.8) is 0 Å². The van der Waals surface area contributed by atoms with Crippen molar-refractivity contribution in [3.05, 3.63) is 58.4 Å². The predicted molar refractivity (Wildman–Crippen MR) is 92.6 cm³/mol. The molecule has 0 aliphatic rings. The topological polar surface area (TPSA) is 42.0 Å². The number of anilines is 1. The number of nitrogens with one attached hydrogen (secondary N) is 1. The van der Waals surface area contributed by atoms with Crippen LogP contribution in [-0.2, 0) is 11.2 Å². The lowest BCUT2D eigenvalue weighted by Crippen LogP contribution is -2.15. The van der Waals surface area contributed by atoms with Crippen molar-refractivity contribution in [1.82, 2.24) is 4.98 Å². The summed E-state index contributed by atoms with van der Waals surface area (Å²) >= 11 is 1.28. The minimum atomic E-state index is -0.371. The Labute approximate surface area is 138 Å². The quantitative estimate of drug-likeness (QED) is 0.767. The minimum absolute atomic E-state index is 0.139. The fourth-order valence-corrected chi connectivity index (χ4v) is 3.68. The number of amides is 1. The zero-order valence-corrected chi connectivity index (χ0v) is 14.1. The van der Waals surface area contributed by atoms with Crippen molar-refractivity contribution in [2.24, 2.45) is 0 Å². The van der Waals surface area contributed by atoms with Gasteiger partial charge in [0.05, 0.1) is 11.1 Å². The number of hydrogen-bond donors (Lipinski definition) is 1. The molecule has 0 aliphatic carbocycles. The first kappa shape index (κ1) is 15.6. The number of hydrogen-bond acceptors (Lipinski definition) is 3. The van der Waals surface area contributed by atoms with Crippen LogP contribution in [-0.4, -0.2) is 10.9 Å². The van der Waals surface area contributed by atoms with Crippen molar-refractivity contribution in [1.29, 1.82) is 0 Å². The van der Waals surface area contributed by atoms with Gasteiger partial charge in [0.15, 0.2) is 5.13 Å². The van der Waals surface area contributed by atoms with Gasteiger partial charge in [0.25, 0.3) is 0 Å². The first-order chi connectivity index (χ1) is 10.9. The summed E-state index contributed by atoms with van der Waals surface area (Å²) in [7, 11) is 0. The monoisotopic (exact) mass is 328 g/mol. The Morgan fingerprint density at radius 1 is 1.22 bits per heavy atom. The molecule has 0 bridgehead atoms. The molecular weight excluding hydrogens is 311 g/mol. The van der Waals surface area contributed by atoms with Crippen LogP contribution in [0.5, 0.6) is 0 Å². The molecule has 0 aliphatic heterocycles. The van der Waals surface area contributed by atoms with Crippen molar-refractivity contribution in [2.75, 3.05) is 5.32 Å². The van der Waals surface area contributed by atoms with Crippen molar-refractivity contribution in [3.8, 4) is 0 Å². The number of benzene rings is 2. The normalized spacial score (nSPS) is 11.0. The van der Waals surface area contributed by atoms with Gasteiger partial charge in [-0.1, -0.05) is 35.1 Å². The SMILES string of the molecule is Cc1cc(C)c(CC(=O)Nc2nc3c(F)cccc3s2)c(C)c1. The Morgan fingerprint density at radius 3 is 2.57 bits per heavy atom. The van der Waals surface area contributed by atoms with Gasteiger partial charge in [0, 0.05) is 0 Å². The van der Waals surface area contributed by atoms with Crippen molar-refractivity contribution < 1.29 is 9.18 Å². The summed E-state index contributed by atoms with van der Waals surface area (Å²) in [4.78, 5) is 16.5. The first-order valence-electron chi connectivity index (χ1n) is 7.35. The molecule has 118 valence electrons. The highest BCUT2D eigenvalue weighted by Crippen LogP contribution is 2.27. The van der Waals surface area contributed by atoms with Gasteiger partial charge in [0.2, 0.25) is 5.91 Å². The number of nitrogens with zero attached hydrogens (tertiary/aromatic N) is 1. The third kappa shape index (κ3) is 3.24. The number of aromatic nitrogens is 1. The van der Waals surface area contributed by atoms with Crippen LogP contribution in [0.4, 0.5) is 9.52 Å². The van der Waals surface area contributed by atoms with Gasteiger partial charge in [-0.2, -0.15) is 0 Å². The highest BCUT2D eigenvalue weighted by atomic mass is 32.1. The number of fused-ring (bicyclic) bond motifs is 1. The standard InChI is InChI=1S/C18H17FN2OS/c1-10-7-11(2)13(12(3)8-10)9-16(22)20-18-21-17-14(19)5-4-6-15(17)23-18/h4-8H,9H2,1-3H3,(H,20,21,22). The molecule has 3 aromatic rings. The molecule has 0 saturated heterocycles. The predicted octanol–water partition coefficient (Wildman–Crippen LogP) is 4.54. The number of para-hydroxylation sites is 1. The molecular formula is C18H17FN2OS. The number of thiazole rings is 1. The van der Waals surface area contributed by atoms with Crippen LogP contribution < -0.4 is 5.32 Å². The summed E-state index contributed by atoms with van der Waals surface area (Å²) in [6.45, 7) is 6.06. The average molecular weight is 328 g/mol. The second-order valence-electron chi connectivity index (χ2n) is 5.71. The smallest absolute Gasteiger partial charge is 0.230 e. The van der Waals surface area contributed by atoms with Gasteiger partial charge < -0.3 is 5.32 Å². The number of carbonyl (C=O) groups excluding carboxylic acids is 1. The molecule has 1 N–H and O–H groups in total. The van der Waals surface area contributed by atoms with E-state index in [9.17, 15) is 9.18 Å². The van der Waals surface area contributed by atoms with Gasteiger partial charge in [-0.15, -0.1) is 0 Å². The van der Waals surface area contributed by atoms with Gasteiger partial charge in [-0.05, 0) is 49.6 Å². The third-order valence-corrected chi connectivity index (χ3v) is 4.73. The molecule has 0 atom stereocenters. The lowest BCUT2D eigenvalue weighted by Gasteiger charge is -2.10. The molecule has 3 rings (SSSR count). The lowest BCUT2D eigenvalue weighted by molar-refractivity contribution is -0.115. The average Bonchev–Trinajstić information content (AvgIpc) is 2.86. The second-order valence-corrected chi connectivity index (χ2v) is 6.74. The van der Waals surface area contributed by atoms with E-state index < -0.39 is 0 Å². The minimum Gasteiger partial charge on any atom is -0.302 e. The largest absolute Gasteiger partial charge is 0.302 e. The Morgan fingerprint density at radius 2 is 1.91 bits per heavy atom. The molecule has 0 saturated carbocycles. The van der Waals surface area contributed by atoms with E-state index >= 15 is 0 Å². The maximum atomic E-state index is 13.7. The molecule has 5 heteroatoms.